The summed E-state index contributed by atoms with van der Waals surface area (Å²) in [5.74, 6) is 0.532. The van der Waals surface area contributed by atoms with E-state index in [2.05, 4.69) is 9.72 Å². The predicted molar refractivity (Wildman–Crippen MR) is 60.9 cm³/mol. The lowest BCUT2D eigenvalue weighted by molar-refractivity contribution is -0.118. The number of Topliss-reactive ketones (excluding diaryl/α,β-unsaturated/α-hetero) is 1. The number of hydrogen-bond donors (Lipinski definition) is 0. The molecular formula is C12H15NO4. The number of aryl methyl sites for hydroxylation is 1. The van der Waals surface area contributed by atoms with Crippen LogP contribution in [-0.4, -0.2) is 24.0 Å². The largest absolute Gasteiger partial charge is 0.513 e. The molecule has 0 aliphatic heterocycles. The van der Waals surface area contributed by atoms with E-state index in [0.717, 1.165) is 5.69 Å². The Balaban J connectivity index is 2.50. The Labute approximate surface area is 99.8 Å². The summed E-state index contributed by atoms with van der Waals surface area (Å²) < 4.78 is 9.12. The Morgan fingerprint density at radius 3 is 2.65 bits per heavy atom. The molecule has 1 heterocycles. The lowest BCUT2D eigenvalue weighted by Gasteiger charge is -2.03. The Bertz CT molecular complexity index is 386. The van der Waals surface area contributed by atoms with Crippen LogP contribution in [0.5, 0.6) is 5.75 Å². The number of pyridine rings is 1. The third-order valence-electron chi connectivity index (χ3n) is 2.22. The molecule has 5 nitrogen and oxygen atoms in total. The molecule has 0 aromatic carbocycles. The van der Waals surface area contributed by atoms with Crippen LogP contribution in [-0.2, 0) is 16.0 Å². The molecule has 1 aromatic heterocycles. The zero-order chi connectivity index (χ0) is 12.7. The molecule has 92 valence electrons. The maximum absolute atomic E-state index is 11.1. The molecule has 0 unspecified atom stereocenters. The van der Waals surface area contributed by atoms with Crippen molar-refractivity contribution in [1.29, 1.82) is 0 Å². The zero-order valence-electron chi connectivity index (χ0n) is 9.93. The number of nitrogens with zero attached hydrogens (tertiary/aromatic N) is 1. The van der Waals surface area contributed by atoms with Crippen LogP contribution >= 0.6 is 0 Å². The smallest absolute Gasteiger partial charge is 0.437 e. The van der Waals surface area contributed by atoms with E-state index in [9.17, 15) is 9.59 Å². The van der Waals surface area contributed by atoms with Crippen molar-refractivity contribution in [2.24, 2.45) is 0 Å². The van der Waals surface area contributed by atoms with Gasteiger partial charge in [0.05, 0.1) is 13.3 Å². The van der Waals surface area contributed by atoms with Crippen molar-refractivity contribution in [1.82, 2.24) is 4.98 Å². The first-order valence-electron chi connectivity index (χ1n) is 5.38. The molecule has 0 spiro atoms. The van der Waals surface area contributed by atoms with Crippen molar-refractivity contribution < 1.29 is 19.1 Å². The Hall–Kier alpha value is -1.91. The van der Waals surface area contributed by atoms with Crippen LogP contribution in [0.4, 0.5) is 4.79 Å². The lowest BCUT2D eigenvalue weighted by atomic mass is 10.1. The van der Waals surface area contributed by atoms with Gasteiger partial charge in [0.25, 0.3) is 0 Å². The van der Waals surface area contributed by atoms with Gasteiger partial charge in [-0.1, -0.05) is 6.92 Å². The number of ether oxygens (including phenoxy) is 2. The molecule has 1 aromatic rings. The fourth-order valence-electron chi connectivity index (χ4n) is 1.20. The average Bonchev–Trinajstić information content (AvgIpc) is 2.37. The van der Waals surface area contributed by atoms with Gasteiger partial charge in [0.1, 0.15) is 5.78 Å². The van der Waals surface area contributed by atoms with E-state index in [1.807, 2.05) is 6.92 Å². The standard InChI is InChI=1S/C12H15NO4/c1-3-10(14)6-4-9-5-7-11(8-13-9)17-12(15)16-2/h5,7-8H,3-4,6H2,1-2H3. The first-order chi connectivity index (χ1) is 8.15. The second-order valence-electron chi connectivity index (χ2n) is 3.43. The fourth-order valence-corrected chi connectivity index (χ4v) is 1.20. The molecule has 0 atom stereocenters. The fraction of sp³-hybridized carbons (Fsp3) is 0.417. The topological polar surface area (TPSA) is 65.5 Å². The molecule has 0 N–H and O–H groups in total. The maximum atomic E-state index is 11.1. The summed E-state index contributed by atoms with van der Waals surface area (Å²) in [5, 5.41) is 0. The SMILES string of the molecule is CCC(=O)CCc1ccc(OC(=O)OC)cn1. The van der Waals surface area contributed by atoms with Gasteiger partial charge in [0, 0.05) is 18.5 Å². The van der Waals surface area contributed by atoms with Crippen LogP contribution in [0.2, 0.25) is 0 Å². The van der Waals surface area contributed by atoms with Crippen LogP contribution in [0.3, 0.4) is 0 Å². The molecule has 5 heteroatoms. The second-order valence-corrected chi connectivity index (χ2v) is 3.43. The average molecular weight is 237 g/mol. The molecule has 0 radical (unpaired) electrons. The van der Waals surface area contributed by atoms with Crippen LogP contribution < -0.4 is 4.74 Å². The minimum Gasteiger partial charge on any atom is -0.437 e. The summed E-state index contributed by atoms with van der Waals surface area (Å²) in [4.78, 5) is 26.0. The van der Waals surface area contributed by atoms with Crippen LogP contribution in [0.1, 0.15) is 25.5 Å². The van der Waals surface area contributed by atoms with E-state index >= 15 is 0 Å². The summed E-state index contributed by atoms with van der Waals surface area (Å²) >= 11 is 0. The van der Waals surface area contributed by atoms with Crippen LogP contribution in [0.15, 0.2) is 18.3 Å². The lowest BCUT2D eigenvalue weighted by Crippen LogP contribution is -2.07. The van der Waals surface area contributed by atoms with Crippen molar-refractivity contribution in [3.63, 3.8) is 0 Å². The molecule has 17 heavy (non-hydrogen) atoms. The minimum absolute atomic E-state index is 0.210. The van der Waals surface area contributed by atoms with E-state index in [1.165, 1.54) is 13.3 Å². The predicted octanol–water partition coefficient (Wildman–Crippen LogP) is 2.14. The second kappa shape index (κ2) is 6.62. The molecule has 0 aliphatic carbocycles. The highest BCUT2D eigenvalue weighted by molar-refractivity contribution is 5.78. The van der Waals surface area contributed by atoms with Gasteiger partial charge in [-0.25, -0.2) is 4.79 Å². The van der Waals surface area contributed by atoms with Gasteiger partial charge in [-0.2, -0.15) is 0 Å². The summed E-state index contributed by atoms with van der Waals surface area (Å²) in [7, 11) is 1.24. The monoisotopic (exact) mass is 237 g/mol. The van der Waals surface area contributed by atoms with E-state index in [4.69, 9.17) is 4.74 Å². The van der Waals surface area contributed by atoms with Gasteiger partial charge >= 0.3 is 6.16 Å². The third kappa shape index (κ3) is 4.63. The first-order valence-corrected chi connectivity index (χ1v) is 5.38. The molecule has 0 saturated heterocycles. The van der Waals surface area contributed by atoms with Crippen LogP contribution in [0.25, 0.3) is 0 Å². The van der Waals surface area contributed by atoms with Crippen molar-refractivity contribution in [2.45, 2.75) is 26.2 Å². The van der Waals surface area contributed by atoms with Gasteiger partial charge in [0.15, 0.2) is 5.75 Å². The summed E-state index contributed by atoms with van der Waals surface area (Å²) in [6, 6.07) is 3.34. The molecule has 0 saturated carbocycles. The van der Waals surface area contributed by atoms with Crippen molar-refractivity contribution in [3.8, 4) is 5.75 Å². The molecule has 0 bridgehead atoms. The number of aromatic nitrogens is 1. The van der Waals surface area contributed by atoms with Crippen LogP contribution in [0, 0.1) is 0 Å². The maximum Gasteiger partial charge on any atom is 0.513 e. The van der Waals surface area contributed by atoms with E-state index < -0.39 is 6.16 Å². The van der Waals surface area contributed by atoms with Gasteiger partial charge in [-0.05, 0) is 18.6 Å². The highest BCUT2D eigenvalue weighted by Gasteiger charge is 2.05. The number of carbonyl (C=O) groups is 2. The quantitative estimate of drug-likeness (QED) is 0.734. The molecule has 0 amide bonds. The molecular weight excluding hydrogens is 222 g/mol. The highest BCUT2D eigenvalue weighted by atomic mass is 16.7. The third-order valence-corrected chi connectivity index (χ3v) is 2.22. The zero-order valence-corrected chi connectivity index (χ0v) is 9.93. The minimum atomic E-state index is -0.777. The summed E-state index contributed by atoms with van der Waals surface area (Å²) in [6.07, 6.45) is 2.29. The van der Waals surface area contributed by atoms with E-state index in [-0.39, 0.29) is 5.78 Å². The number of carbonyl (C=O) groups excluding carboxylic acids is 2. The van der Waals surface area contributed by atoms with Gasteiger partial charge in [-0.15, -0.1) is 0 Å². The van der Waals surface area contributed by atoms with Gasteiger partial charge < -0.3 is 9.47 Å². The Morgan fingerprint density at radius 1 is 1.35 bits per heavy atom. The summed E-state index contributed by atoms with van der Waals surface area (Å²) in [6.45, 7) is 1.84. The van der Waals surface area contributed by atoms with Crippen molar-refractivity contribution >= 4 is 11.9 Å². The molecule has 1 rings (SSSR count). The Kier molecular flexibility index (Phi) is 5.13. The summed E-state index contributed by atoms with van der Waals surface area (Å²) in [5.41, 5.74) is 0.795. The molecule has 0 fully saturated rings. The van der Waals surface area contributed by atoms with Crippen molar-refractivity contribution in [3.05, 3.63) is 24.0 Å². The van der Waals surface area contributed by atoms with Crippen molar-refractivity contribution in [2.75, 3.05) is 7.11 Å². The number of ketones is 1. The van der Waals surface area contributed by atoms with E-state index in [0.29, 0.717) is 25.0 Å². The van der Waals surface area contributed by atoms with Gasteiger partial charge in [0.2, 0.25) is 0 Å². The number of hydrogen-bond acceptors (Lipinski definition) is 5. The van der Waals surface area contributed by atoms with E-state index in [1.54, 1.807) is 12.1 Å². The normalized spacial score (nSPS) is 9.76. The molecule has 0 aliphatic rings. The number of methoxy groups -OCH3 is 1. The first kappa shape index (κ1) is 13.2. The highest BCUT2D eigenvalue weighted by Crippen LogP contribution is 2.11. The van der Waals surface area contributed by atoms with Gasteiger partial charge in [-0.3, -0.25) is 9.78 Å². The Morgan fingerprint density at radius 2 is 2.12 bits per heavy atom. The number of rotatable bonds is 5.